The molecule has 0 radical (unpaired) electrons. The van der Waals surface area contributed by atoms with E-state index in [1.165, 1.54) is 16.3 Å². The van der Waals surface area contributed by atoms with E-state index < -0.39 is 6.10 Å². The van der Waals surface area contributed by atoms with Gasteiger partial charge in [-0.15, -0.1) is 0 Å². The van der Waals surface area contributed by atoms with Gasteiger partial charge in [-0.05, 0) is 35.2 Å². The number of benzene rings is 3. The SMILES string of the molecule is C[C@@H](NC[C@@H](O)[C@@H](N)Cc1ccccc1)c1cccc2ccccc12. The second-order valence-electron chi connectivity index (χ2n) is 6.62. The van der Waals surface area contributed by atoms with Gasteiger partial charge in [0.05, 0.1) is 6.10 Å². The molecule has 0 saturated carbocycles. The summed E-state index contributed by atoms with van der Waals surface area (Å²) in [5.41, 5.74) is 8.56. The second-order valence-corrected chi connectivity index (χ2v) is 6.62. The molecule has 0 saturated heterocycles. The Morgan fingerprint density at radius 1 is 0.920 bits per heavy atom. The van der Waals surface area contributed by atoms with Gasteiger partial charge in [0.2, 0.25) is 0 Å². The van der Waals surface area contributed by atoms with E-state index in [4.69, 9.17) is 5.73 Å². The highest BCUT2D eigenvalue weighted by atomic mass is 16.3. The molecular weight excluding hydrogens is 308 g/mol. The van der Waals surface area contributed by atoms with Crippen LogP contribution in [-0.4, -0.2) is 23.8 Å². The van der Waals surface area contributed by atoms with E-state index >= 15 is 0 Å². The zero-order valence-electron chi connectivity index (χ0n) is 14.6. The van der Waals surface area contributed by atoms with Crippen molar-refractivity contribution in [3.63, 3.8) is 0 Å². The van der Waals surface area contributed by atoms with Gasteiger partial charge in [-0.25, -0.2) is 0 Å². The monoisotopic (exact) mass is 334 g/mol. The number of aliphatic hydroxyl groups is 1. The third kappa shape index (κ3) is 4.45. The van der Waals surface area contributed by atoms with Crippen molar-refractivity contribution in [2.24, 2.45) is 5.73 Å². The summed E-state index contributed by atoms with van der Waals surface area (Å²) in [6.45, 7) is 2.59. The molecule has 0 aliphatic carbocycles. The van der Waals surface area contributed by atoms with Crippen LogP contribution in [0.15, 0.2) is 72.8 Å². The van der Waals surface area contributed by atoms with Gasteiger partial charge in [-0.3, -0.25) is 0 Å². The van der Waals surface area contributed by atoms with Crippen LogP contribution in [0.1, 0.15) is 24.1 Å². The van der Waals surface area contributed by atoms with Crippen molar-refractivity contribution in [1.29, 1.82) is 0 Å². The van der Waals surface area contributed by atoms with Gasteiger partial charge in [-0.2, -0.15) is 0 Å². The first-order chi connectivity index (χ1) is 12.1. The molecule has 3 nitrogen and oxygen atoms in total. The second kappa shape index (κ2) is 8.26. The van der Waals surface area contributed by atoms with Gasteiger partial charge in [0.1, 0.15) is 0 Å². The lowest BCUT2D eigenvalue weighted by molar-refractivity contribution is 0.138. The first-order valence-electron chi connectivity index (χ1n) is 8.84. The molecule has 3 aromatic rings. The topological polar surface area (TPSA) is 58.3 Å². The molecule has 0 spiro atoms. The summed E-state index contributed by atoms with van der Waals surface area (Å²) < 4.78 is 0. The summed E-state index contributed by atoms with van der Waals surface area (Å²) in [7, 11) is 0. The van der Waals surface area contributed by atoms with Crippen molar-refractivity contribution >= 4 is 10.8 Å². The smallest absolute Gasteiger partial charge is 0.0818 e. The van der Waals surface area contributed by atoms with E-state index in [9.17, 15) is 5.11 Å². The molecular formula is C22H26N2O. The van der Waals surface area contributed by atoms with Crippen LogP contribution in [0.25, 0.3) is 10.8 Å². The van der Waals surface area contributed by atoms with E-state index in [2.05, 4.69) is 54.7 Å². The summed E-state index contributed by atoms with van der Waals surface area (Å²) in [6, 6.07) is 24.6. The third-order valence-corrected chi connectivity index (χ3v) is 4.73. The molecule has 0 aromatic heterocycles. The number of nitrogens with two attached hydrogens (primary N) is 1. The maximum absolute atomic E-state index is 10.4. The molecule has 0 bridgehead atoms. The zero-order valence-corrected chi connectivity index (χ0v) is 14.6. The Morgan fingerprint density at radius 3 is 2.40 bits per heavy atom. The molecule has 3 heteroatoms. The first-order valence-corrected chi connectivity index (χ1v) is 8.84. The van der Waals surface area contributed by atoms with Gasteiger partial charge in [-0.1, -0.05) is 72.8 Å². The highest BCUT2D eigenvalue weighted by Crippen LogP contribution is 2.24. The van der Waals surface area contributed by atoms with Gasteiger partial charge in [0, 0.05) is 18.6 Å². The molecule has 0 aliphatic heterocycles. The van der Waals surface area contributed by atoms with Crippen LogP contribution in [0.3, 0.4) is 0 Å². The quantitative estimate of drug-likeness (QED) is 0.620. The molecule has 0 aliphatic rings. The molecule has 0 heterocycles. The average Bonchev–Trinajstić information content (AvgIpc) is 2.66. The Morgan fingerprint density at radius 2 is 1.60 bits per heavy atom. The van der Waals surface area contributed by atoms with E-state index in [1.807, 2.05) is 30.3 Å². The van der Waals surface area contributed by atoms with Gasteiger partial charge in [0.15, 0.2) is 0 Å². The predicted molar refractivity (Wildman–Crippen MR) is 104 cm³/mol. The van der Waals surface area contributed by atoms with Crippen molar-refractivity contribution in [1.82, 2.24) is 5.32 Å². The summed E-state index contributed by atoms with van der Waals surface area (Å²) in [6.07, 6.45) is 0.0874. The fourth-order valence-corrected chi connectivity index (χ4v) is 3.21. The molecule has 4 N–H and O–H groups in total. The van der Waals surface area contributed by atoms with Crippen LogP contribution in [0, 0.1) is 0 Å². The van der Waals surface area contributed by atoms with Gasteiger partial charge >= 0.3 is 0 Å². The minimum absolute atomic E-state index is 0.143. The Hall–Kier alpha value is -2.20. The number of hydrogen-bond acceptors (Lipinski definition) is 3. The molecule has 0 amide bonds. The summed E-state index contributed by atoms with van der Waals surface area (Å²) >= 11 is 0. The van der Waals surface area contributed by atoms with Crippen LogP contribution in [0.2, 0.25) is 0 Å². The normalized spacial score (nSPS) is 15.0. The zero-order chi connectivity index (χ0) is 17.6. The predicted octanol–water partition coefficient (Wildman–Crippen LogP) is 3.42. The van der Waals surface area contributed by atoms with Crippen LogP contribution < -0.4 is 11.1 Å². The summed E-state index contributed by atoms with van der Waals surface area (Å²) in [5.74, 6) is 0. The van der Waals surface area contributed by atoms with Crippen LogP contribution in [0.4, 0.5) is 0 Å². The number of nitrogens with one attached hydrogen (secondary N) is 1. The first kappa shape index (κ1) is 17.6. The molecule has 0 unspecified atom stereocenters. The van der Waals surface area contributed by atoms with Crippen LogP contribution in [-0.2, 0) is 6.42 Å². The van der Waals surface area contributed by atoms with E-state index in [0.717, 1.165) is 5.56 Å². The lowest BCUT2D eigenvalue weighted by Crippen LogP contribution is -2.43. The highest BCUT2D eigenvalue weighted by molar-refractivity contribution is 5.86. The van der Waals surface area contributed by atoms with Crippen molar-refractivity contribution < 1.29 is 5.11 Å². The molecule has 3 aromatic carbocycles. The van der Waals surface area contributed by atoms with Crippen LogP contribution >= 0.6 is 0 Å². The lowest BCUT2D eigenvalue weighted by Gasteiger charge is -2.23. The Labute approximate surface area is 149 Å². The molecule has 25 heavy (non-hydrogen) atoms. The fraction of sp³-hybridized carbons (Fsp3) is 0.273. The highest BCUT2D eigenvalue weighted by Gasteiger charge is 2.17. The van der Waals surface area contributed by atoms with Gasteiger partial charge < -0.3 is 16.2 Å². The number of fused-ring (bicyclic) bond motifs is 1. The molecule has 3 rings (SSSR count). The fourth-order valence-electron chi connectivity index (χ4n) is 3.21. The molecule has 0 fully saturated rings. The van der Waals surface area contributed by atoms with Crippen molar-refractivity contribution in [3.8, 4) is 0 Å². The van der Waals surface area contributed by atoms with E-state index in [0.29, 0.717) is 13.0 Å². The van der Waals surface area contributed by atoms with Crippen molar-refractivity contribution in [2.45, 2.75) is 31.5 Å². The van der Waals surface area contributed by atoms with Crippen molar-refractivity contribution in [2.75, 3.05) is 6.54 Å². The van der Waals surface area contributed by atoms with Gasteiger partial charge in [0.25, 0.3) is 0 Å². The van der Waals surface area contributed by atoms with E-state index in [-0.39, 0.29) is 12.1 Å². The number of aliphatic hydroxyl groups excluding tert-OH is 1. The maximum atomic E-state index is 10.4. The van der Waals surface area contributed by atoms with Crippen molar-refractivity contribution in [3.05, 3.63) is 83.9 Å². The third-order valence-electron chi connectivity index (χ3n) is 4.73. The summed E-state index contributed by atoms with van der Waals surface area (Å²) in [5, 5.41) is 16.3. The minimum atomic E-state index is -0.586. The average molecular weight is 334 g/mol. The van der Waals surface area contributed by atoms with Crippen LogP contribution in [0.5, 0.6) is 0 Å². The minimum Gasteiger partial charge on any atom is -0.390 e. The number of rotatable bonds is 7. The van der Waals surface area contributed by atoms with E-state index in [1.54, 1.807) is 0 Å². The largest absolute Gasteiger partial charge is 0.390 e. The number of hydrogen-bond donors (Lipinski definition) is 3. The summed E-state index contributed by atoms with van der Waals surface area (Å²) in [4.78, 5) is 0. The Bertz CT molecular complexity index is 798. The molecule has 130 valence electrons. The Balaban J connectivity index is 1.60. The Kier molecular flexibility index (Phi) is 5.82. The molecule has 3 atom stereocenters. The lowest BCUT2D eigenvalue weighted by atomic mass is 9.98. The maximum Gasteiger partial charge on any atom is 0.0818 e. The standard InChI is InChI=1S/C22H26N2O/c1-16(19-13-7-11-18-10-5-6-12-20(18)19)24-15-22(25)21(23)14-17-8-3-2-4-9-17/h2-13,16,21-22,24-25H,14-15,23H2,1H3/t16-,21+,22-/m1/s1.